The molecule has 0 spiro atoms. The van der Waals surface area contributed by atoms with Gasteiger partial charge in [0.05, 0.1) is 7.11 Å². The molecule has 1 aromatic heterocycles. The Kier molecular flexibility index (Phi) is 8.51. The van der Waals surface area contributed by atoms with Gasteiger partial charge in [-0.2, -0.15) is 0 Å². The van der Waals surface area contributed by atoms with Crippen molar-refractivity contribution in [2.45, 2.75) is 52.6 Å². The van der Waals surface area contributed by atoms with Gasteiger partial charge in [0, 0.05) is 25.6 Å². The number of rotatable bonds is 10. The number of nitrogens with zero attached hydrogens (tertiary/aromatic N) is 5. The number of tetrazole rings is 1. The second kappa shape index (κ2) is 11.5. The summed E-state index contributed by atoms with van der Waals surface area (Å²) in [4.78, 5) is 27.3. The Morgan fingerprint density at radius 1 is 1.06 bits per heavy atom. The Balaban J connectivity index is 1.90. The summed E-state index contributed by atoms with van der Waals surface area (Å²) in [5.74, 6) is 0.201. The van der Waals surface area contributed by atoms with E-state index in [1.165, 1.54) is 7.11 Å². The van der Waals surface area contributed by atoms with Crippen molar-refractivity contribution in [3.8, 4) is 22.5 Å². The van der Waals surface area contributed by atoms with Crippen LogP contribution in [0.3, 0.4) is 0 Å². The van der Waals surface area contributed by atoms with Crippen LogP contribution >= 0.6 is 0 Å². The Labute approximate surface area is 200 Å². The van der Waals surface area contributed by atoms with Gasteiger partial charge in [-0.05, 0) is 39.5 Å². The van der Waals surface area contributed by atoms with Gasteiger partial charge in [-0.3, -0.25) is 4.79 Å². The summed E-state index contributed by atoms with van der Waals surface area (Å²) in [6.45, 7) is 6.26. The Morgan fingerprint density at radius 3 is 2.29 bits per heavy atom. The molecule has 0 N–H and O–H groups in total. The van der Waals surface area contributed by atoms with E-state index < -0.39 is 6.04 Å². The number of amides is 1. The predicted octanol–water partition coefficient (Wildman–Crippen LogP) is 4.26. The number of hydrogen-bond acceptors (Lipinski definition) is 6. The van der Waals surface area contributed by atoms with Crippen molar-refractivity contribution < 1.29 is 14.3 Å². The van der Waals surface area contributed by atoms with Crippen molar-refractivity contribution in [2.24, 2.45) is 13.0 Å². The molecule has 0 aliphatic heterocycles. The molecule has 1 heterocycles. The molecule has 2 aromatic carbocycles. The highest BCUT2D eigenvalue weighted by molar-refractivity contribution is 5.85. The van der Waals surface area contributed by atoms with Crippen molar-refractivity contribution in [2.75, 3.05) is 7.11 Å². The fourth-order valence-corrected chi connectivity index (χ4v) is 4.07. The van der Waals surface area contributed by atoms with Gasteiger partial charge in [0.2, 0.25) is 5.91 Å². The van der Waals surface area contributed by atoms with Gasteiger partial charge in [0.15, 0.2) is 5.82 Å². The van der Waals surface area contributed by atoms with Gasteiger partial charge in [-0.1, -0.05) is 75.7 Å². The first kappa shape index (κ1) is 25.1. The number of hydrogen-bond donors (Lipinski definition) is 0. The van der Waals surface area contributed by atoms with E-state index in [2.05, 4.69) is 15.5 Å². The molecule has 0 aliphatic rings. The van der Waals surface area contributed by atoms with E-state index in [-0.39, 0.29) is 17.8 Å². The quantitative estimate of drug-likeness (QED) is 0.417. The van der Waals surface area contributed by atoms with Crippen molar-refractivity contribution in [1.82, 2.24) is 25.1 Å². The highest BCUT2D eigenvalue weighted by Gasteiger charge is 2.33. The maximum Gasteiger partial charge on any atom is 0.328 e. The van der Waals surface area contributed by atoms with E-state index in [0.29, 0.717) is 18.8 Å². The number of carbonyl (C=O) groups excluding carboxylic acids is 2. The maximum absolute atomic E-state index is 13.1. The third-order valence-corrected chi connectivity index (χ3v) is 5.88. The van der Waals surface area contributed by atoms with Crippen molar-refractivity contribution >= 4 is 11.9 Å². The van der Waals surface area contributed by atoms with Crippen LogP contribution in [0.1, 0.15) is 45.6 Å². The van der Waals surface area contributed by atoms with E-state index in [4.69, 9.17) is 4.74 Å². The number of aryl methyl sites for hydroxylation is 1. The lowest BCUT2D eigenvalue weighted by atomic mass is 9.97. The second-order valence-corrected chi connectivity index (χ2v) is 8.71. The predicted molar refractivity (Wildman–Crippen MR) is 130 cm³/mol. The molecule has 180 valence electrons. The van der Waals surface area contributed by atoms with Crippen molar-refractivity contribution in [3.63, 3.8) is 0 Å². The molecule has 0 unspecified atom stereocenters. The summed E-state index contributed by atoms with van der Waals surface area (Å²) < 4.78 is 6.68. The molecular formula is C26H33N5O3. The van der Waals surface area contributed by atoms with Crippen LogP contribution in [0, 0.1) is 5.92 Å². The SMILES string of the molecule is CCCCC(=O)N(Cc1ccc(-c2ccccc2-c2nnnn2C)cc1)[C@H](C(=O)OC)C(C)C. The molecule has 0 radical (unpaired) electrons. The number of carbonyl (C=O) groups is 2. The number of aromatic nitrogens is 4. The van der Waals surface area contributed by atoms with Gasteiger partial charge in [-0.15, -0.1) is 5.10 Å². The van der Waals surface area contributed by atoms with Crippen molar-refractivity contribution in [3.05, 3.63) is 54.1 Å². The average Bonchev–Trinajstić information content (AvgIpc) is 3.27. The summed E-state index contributed by atoms with van der Waals surface area (Å²) in [6, 6.07) is 15.4. The molecular weight excluding hydrogens is 430 g/mol. The Hall–Kier alpha value is -3.55. The van der Waals surface area contributed by atoms with E-state index in [0.717, 1.165) is 35.1 Å². The zero-order chi connectivity index (χ0) is 24.7. The molecule has 1 amide bonds. The van der Waals surface area contributed by atoms with Crippen LogP contribution in [0.2, 0.25) is 0 Å². The average molecular weight is 464 g/mol. The van der Waals surface area contributed by atoms with Gasteiger partial charge < -0.3 is 9.64 Å². The van der Waals surface area contributed by atoms with Crippen LogP contribution in [-0.2, 0) is 27.9 Å². The van der Waals surface area contributed by atoms with Crippen LogP contribution in [0.5, 0.6) is 0 Å². The number of ether oxygens (including phenoxy) is 1. The fraction of sp³-hybridized carbons (Fsp3) is 0.423. The van der Waals surface area contributed by atoms with Crippen LogP contribution < -0.4 is 0 Å². The lowest BCUT2D eigenvalue weighted by molar-refractivity contribution is -0.155. The zero-order valence-corrected chi connectivity index (χ0v) is 20.6. The van der Waals surface area contributed by atoms with E-state index in [9.17, 15) is 9.59 Å². The lowest BCUT2D eigenvalue weighted by Crippen LogP contribution is -2.48. The van der Waals surface area contributed by atoms with Crippen LogP contribution in [0.25, 0.3) is 22.5 Å². The van der Waals surface area contributed by atoms with Gasteiger partial charge in [0.1, 0.15) is 6.04 Å². The van der Waals surface area contributed by atoms with Gasteiger partial charge in [-0.25, -0.2) is 9.48 Å². The van der Waals surface area contributed by atoms with Crippen LogP contribution in [0.4, 0.5) is 0 Å². The number of benzene rings is 2. The largest absolute Gasteiger partial charge is 0.467 e. The minimum Gasteiger partial charge on any atom is -0.467 e. The number of esters is 1. The summed E-state index contributed by atoms with van der Waals surface area (Å²) in [5.41, 5.74) is 3.91. The topological polar surface area (TPSA) is 90.2 Å². The zero-order valence-electron chi connectivity index (χ0n) is 20.6. The molecule has 8 heteroatoms. The van der Waals surface area contributed by atoms with E-state index >= 15 is 0 Å². The number of methoxy groups -OCH3 is 1. The molecule has 3 rings (SSSR count). The van der Waals surface area contributed by atoms with Gasteiger partial charge in [0.25, 0.3) is 0 Å². The molecule has 1 atom stereocenters. The molecule has 0 aliphatic carbocycles. The van der Waals surface area contributed by atoms with Crippen molar-refractivity contribution in [1.29, 1.82) is 0 Å². The summed E-state index contributed by atoms with van der Waals surface area (Å²) >= 11 is 0. The first-order valence-corrected chi connectivity index (χ1v) is 11.7. The molecule has 34 heavy (non-hydrogen) atoms. The molecule has 0 fully saturated rings. The van der Waals surface area contributed by atoms with E-state index in [1.807, 2.05) is 76.3 Å². The minimum atomic E-state index is -0.627. The smallest absolute Gasteiger partial charge is 0.328 e. The van der Waals surface area contributed by atoms with Crippen LogP contribution in [-0.4, -0.2) is 50.1 Å². The summed E-state index contributed by atoms with van der Waals surface area (Å²) in [7, 11) is 3.18. The fourth-order valence-electron chi connectivity index (χ4n) is 4.07. The third kappa shape index (κ3) is 5.68. The van der Waals surface area contributed by atoms with Crippen LogP contribution in [0.15, 0.2) is 48.5 Å². The second-order valence-electron chi connectivity index (χ2n) is 8.71. The normalized spacial score (nSPS) is 11.9. The minimum absolute atomic E-state index is 0.0323. The molecule has 0 saturated carbocycles. The van der Waals surface area contributed by atoms with Gasteiger partial charge >= 0.3 is 5.97 Å². The molecule has 0 bridgehead atoms. The first-order chi connectivity index (χ1) is 16.4. The maximum atomic E-state index is 13.1. The summed E-state index contributed by atoms with van der Waals surface area (Å²) in [5, 5.41) is 11.8. The first-order valence-electron chi connectivity index (χ1n) is 11.7. The van der Waals surface area contributed by atoms with E-state index in [1.54, 1.807) is 9.58 Å². The highest BCUT2D eigenvalue weighted by atomic mass is 16.5. The Bertz CT molecular complexity index is 1110. The molecule has 0 saturated heterocycles. The summed E-state index contributed by atoms with van der Waals surface area (Å²) in [6.07, 6.45) is 2.11. The molecule has 3 aromatic rings. The third-order valence-electron chi connectivity index (χ3n) is 5.88. The molecule has 8 nitrogen and oxygen atoms in total. The monoisotopic (exact) mass is 463 g/mol. The lowest BCUT2D eigenvalue weighted by Gasteiger charge is -2.32. The Morgan fingerprint density at radius 2 is 1.74 bits per heavy atom. The number of unbranched alkanes of at least 4 members (excludes halogenated alkanes) is 1. The highest BCUT2D eigenvalue weighted by Crippen LogP contribution is 2.31. The standard InChI is InChI=1S/C26H33N5O3/c1-6-7-12-23(32)31(24(18(2)3)26(33)34-5)17-19-13-15-20(16-14-19)21-10-8-9-11-22(21)25-27-28-29-30(25)4/h8-11,13-16,18,24H,6-7,12,17H2,1-5H3/t24-/m0/s1.